The zero-order valence-corrected chi connectivity index (χ0v) is 7.91. The molecule has 0 unspecified atom stereocenters. The van der Waals surface area contributed by atoms with E-state index in [4.69, 9.17) is 0 Å². The van der Waals surface area contributed by atoms with Gasteiger partial charge in [0.25, 0.3) is 0 Å². The average molecular weight is 192 g/mol. The molecule has 0 aliphatic rings. The molecule has 2 aromatic rings. The van der Waals surface area contributed by atoms with Crippen molar-refractivity contribution in [3.63, 3.8) is 0 Å². The number of carbonyl (C=O) groups excluding carboxylic acids is 1. The first-order valence-corrected chi connectivity index (χ1v) is 4.78. The van der Waals surface area contributed by atoms with Crippen LogP contribution in [0.15, 0.2) is 29.1 Å². The maximum Gasteiger partial charge on any atom is 0.214 e. The van der Waals surface area contributed by atoms with E-state index in [0.29, 0.717) is 11.3 Å². The van der Waals surface area contributed by atoms with Crippen LogP contribution in [-0.4, -0.2) is 15.6 Å². The number of thiophene rings is 1. The largest absolute Gasteiger partial charge is 0.287 e. The Morgan fingerprint density at radius 3 is 2.92 bits per heavy atom. The molecule has 0 aromatic carbocycles. The monoisotopic (exact) mass is 192 g/mol. The minimum atomic E-state index is -0.0122. The van der Waals surface area contributed by atoms with Crippen molar-refractivity contribution in [3.05, 3.63) is 40.3 Å². The van der Waals surface area contributed by atoms with Crippen LogP contribution >= 0.6 is 11.3 Å². The van der Waals surface area contributed by atoms with Gasteiger partial charge in [-0.2, -0.15) is 16.4 Å². The molecule has 0 bridgehead atoms. The van der Waals surface area contributed by atoms with Crippen LogP contribution in [0.5, 0.6) is 0 Å². The fourth-order valence-corrected chi connectivity index (χ4v) is 1.71. The molecule has 0 saturated carbocycles. The summed E-state index contributed by atoms with van der Waals surface area (Å²) in [6.07, 6.45) is 1.76. The van der Waals surface area contributed by atoms with E-state index < -0.39 is 0 Å². The Morgan fingerprint density at radius 1 is 1.54 bits per heavy atom. The third-order valence-corrected chi connectivity index (χ3v) is 2.41. The molecule has 2 heterocycles. The maximum atomic E-state index is 11.7. The molecule has 0 spiro atoms. The van der Waals surface area contributed by atoms with E-state index >= 15 is 0 Å². The second-order valence-corrected chi connectivity index (χ2v) is 3.50. The molecule has 0 aliphatic carbocycles. The molecule has 4 heteroatoms. The summed E-state index contributed by atoms with van der Waals surface area (Å²) in [6, 6.07) is 3.53. The van der Waals surface area contributed by atoms with Gasteiger partial charge in [0.1, 0.15) is 5.69 Å². The zero-order chi connectivity index (χ0) is 9.26. The predicted octanol–water partition coefficient (Wildman–Crippen LogP) is 1.71. The van der Waals surface area contributed by atoms with Gasteiger partial charge >= 0.3 is 0 Å². The SMILES string of the molecule is Cn1ccc(C(=O)c2ccsc2)n1. The third-order valence-electron chi connectivity index (χ3n) is 1.73. The number of rotatable bonds is 2. The van der Waals surface area contributed by atoms with Gasteiger partial charge in [-0.3, -0.25) is 9.48 Å². The Kier molecular flexibility index (Phi) is 1.98. The van der Waals surface area contributed by atoms with Crippen LogP contribution in [0.2, 0.25) is 0 Å². The van der Waals surface area contributed by atoms with E-state index in [0.717, 1.165) is 0 Å². The summed E-state index contributed by atoms with van der Waals surface area (Å²) in [7, 11) is 1.80. The summed E-state index contributed by atoms with van der Waals surface area (Å²) in [5.41, 5.74) is 1.21. The fourth-order valence-electron chi connectivity index (χ4n) is 1.08. The molecule has 13 heavy (non-hydrogen) atoms. The lowest BCUT2D eigenvalue weighted by Crippen LogP contribution is -2.01. The van der Waals surface area contributed by atoms with Crippen molar-refractivity contribution in [3.8, 4) is 0 Å². The zero-order valence-electron chi connectivity index (χ0n) is 7.10. The number of aryl methyl sites for hydroxylation is 1. The highest BCUT2D eigenvalue weighted by atomic mass is 32.1. The number of carbonyl (C=O) groups is 1. The number of hydrogen-bond acceptors (Lipinski definition) is 3. The average Bonchev–Trinajstić information content (AvgIpc) is 2.72. The summed E-state index contributed by atoms with van der Waals surface area (Å²) < 4.78 is 1.62. The molecule has 0 atom stereocenters. The molecular weight excluding hydrogens is 184 g/mol. The summed E-state index contributed by atoms with van der Waals surface area (Å²) in [5, 5.41) is 7.75. The van der Waals surface area contributed by atoms with Crippen LogP contribution in [-0.2, 0) is 7.05 Å². The van der Waals surface area contributed by atoms with Crippen molar-refractivity contribution in [2.24, 2.45) is 7.05 Å². The molecule has 0 amide bonds. The van der Waals surface area contributed by atoms with Crippen molar-refractivity contribution >= 4 is 17.1 Å². The normalized spacial score (nSPS) is 10.2. The minimum Gasteiger partial charge on any atom is -0.287 e. The lowest BCUT2D eigenvalue weighted by atomic mass is 10.2. The van der Waals surface area contributed by atoms with Crippen LogP contribution in [0.1, 0.15) is 16.1 Å². The Bertz CT molecular complexity index is 417. The minimum absolute atomic E-state index is 0.0122. The van der Waals surface area contributed by atoms with Gasteiger partial charge in [0.2, 0.25) is 5.78 Å². The standard InChI is InChI=1S/C9H8N2OS/c1-11-4-2-8(10-11)9(12)7-3-5-13-6-7/h2-6H,1H3. The molecule has 66 valence electrons. The van der Waals surface area contributed by atoms with E-state index in [2.05, 4.69) is 5.10 Å². The highest BCUT2D eigenvalue weighted by Gasteiger charge is 2.11. The summed E-state index contributed by atoms with van der Waals surface area (Å²) in [5.74, 6) is -0.0122. The van der Waals surface area contributed by atoms with Crippen LogP contribution in [0.4, 0.5) is 0 Å². The lowest BCUT2D eigenvalue weighted by molar-refractivity contribution is 0.103. The summed E-state index contributed by atoms with van der Waals surface area (Å²) in [4.78, 5) is 11.7. The van der Waals surface area contributed by atoms with Gasteiger partial charge in [-0.25, -0.2) is 0 Å². The van der Waals surface area contributed by atoms with Crippen molar-refractivity contribution in [1.82, 2.24) is 9.78 Å². The molecule has 0 N–H and O–H groups in total. The Hall–Kier alpha value is -1.42. The van der Waals surface area contributed by atoms with E-state index in [1.807, 2.05) is 16.8 Å². The van der Waals surface area contributed by atoms with Crippen LogP contribution in [0, 0.1) is 0 Å². The third kappa shape index (κ3) is 1.53. The van der Waals surface area contributed by atoms with Gasteiger partial charge in [0, 0.05) is 24.2 Å². The number of nitrogens with zero attached hydrogens (tertiary/aromatic N) is 2. The summed E-state index contributed by atoms with van der Waals surface area (Å²) in [6.45, 7) is 0. The molecule has 0 fully saturated rings. The Morgan fingerprint density at radius 2 is 2.38 bits per heavy atom. The molecule has 3 nitrogen and oxygen atoms in total. The van der Waals surface area contributed by atoms with Crippen molar-refractivity contribution in [2.45, 2.75) is 0 Å². The maximum absolute atomic E-state index is 11.7. The second kappa shape index (κ2) is 3.14. The van der Waals surface area contributed by atoms with Crippen molar-refractivity contribution in [2.75, 3.05) is 0 Å². The van der Waals surface area contributed by atoms with Crippen LogP contribution in [0.3, 0.4) is 0 Å². The van der Waals surface area contributed by atoms with Crippen molar-refractivity contribution in [1.29, 1.82) is 0 Å². The first-order chi connectivity index (χ1) is 6.27. The van der Waals surface area contributed by atoms with Gasteiger partial charge in [0.15, 0.2) is 0 Å². The van der Waals surface area contributed by atoms with Gasteiger partial charge in [-0.05, 0) is 17.5 Å². The first kappa shape index (κ1) is 8.19. The predicted molar refractivity (Wildman–Crippen MR) is 51.0 cm³/mol. The quantitative estimate of drug-likeness (QED) is 0.679. The van der Waals surface area contributed by atoms with Crippen molar-refractivity contribution < 1.29 is 4.79 Å². The van der Waals surface area contributed by atoms with Gasteiger partial charge in [0.05, 0.1) is 0 Å². The summed E-state index contributed by atoms with van der Waals surface area (Å²) >= 11 is 1.51. The Labute approximate surface area is 79.6 Å². The Balaban J connectivity index is 2.33. The second-order valence-electron chi connectivity index (χ2n) is 2.72. The van der Waals surface area contributed by atoms with E-state index in [9.17, 15) is 4.79 Å². The number of ketones is 1. The molecule has 2 aromatic heterocycles. The highest BCUT2D eigenvalue weighted by Crippen LogP contribution is 2.10. The molecular formula is C9H8N2OS. The number of hydrogen-bond donors (Lipinski definition) is 0. The van der Waals surface area contributed by atoms with Gasteiger partial charge in [-0.15, -0.1) is 0 Å². The number of aromatic nitrogens is 2. The molecule has 0 aliphatic heterocycles. The van der Waals surface area contributed by atoms with E-state index in [-0.39, 0.29) is 5.78 Å². The topological polar surface area (TPSA) is 34.9 Å². The van der Waals surface area contributed by atoms with Gasteiger partial charge in [-0.1, -0.05) is 0 Å². The van der Waals surface area contributed by atoms with E-state index in [1.165, 1.54) is 11.3 Å². The lowest BCUT2D eigenvalue weighted by Gasteiger charge is -1.90. The van der Waals surface area contributed by atoms with Crippen LogP contribution < -0.4 is 0 Å². The molecule has 2 rings (SSSR count). The fraction of sp³-hybridized carbons (Fsp3) is 0.111. The van der Waals surface area contributed by atoms with Gasteiger partial charge < -0.3 is 0 Å². The first-order valence-electron chi connectivity index (χ1n) is 3.84. The smallest absolute Gasteiger partial charge is 0.214 e. The molecule has 0 saturated heterocycles. The highest BCUT2D eigenvalue weighted by molar-refractivity contribution is 7.08. The molecule has 0 radical (unpaired) electrons. The van der Waals surface area contributed by atoms with Crippen LogP contribution in [0.25, 0.3) is 0 Å². The van der Waals surface area contributed by atoms with E-state index in [1.54, 1.807) is 24.0 Å².